The summed E-state index contributed by atoms with van der Waals surface area (Å²) in [7, 11) is 2.12. The van der Waals surface area contributed by atoms with E-state index in [2.05, 4.69) is 22.1 Å². The van der Waals surface area contributed by atoms with Crippen molar-refractivity contribution in [3.8, 4) is 17.3 Å². The van der Waals surface area contributed by atoms with Gasteiger partial charge in [0.05, 0.1) is 5.69 Å². The Morgan fingerprint density at radius 2 is 2.00 bits per heavy atom. The number of rotatable bonds is 4. The number of likely N-dealkylation sites (tertiary alicyclic amines) is 1. The second kappa shape index (κ2) is 6.64. The highest BCUT2D eigenvalue weighted by molar-refractivity contribution is 5.89. The van der Waals surface area contributed by atoms with Crippen LogP contribution in [0.2, 0.25) is 0 Å². The minimum atomic E-state index is 0.191. The topological polar surface area (TPSA) is 59.7 Å². The van der Waals surface area contributed by atoms with Crippen molar-refractivity contribution in [2.24, 2.45) is 0 Å². The lowest BCUT2D eigenvalue weighted by atomic mass is 10.1. The summed E-state index contributed by atoms with van der Waals surface area (Å²) >= 11 is 0. The van der Waals surface area contributed by atoms with E-state index in [1.807, 2.05) is 47.0 Å². The molecule has 3 aromatic heterocycles. The predicted molar refractivity (Wildman–Crippen MR) is 95.0 cm³/mol. The van der Waals surface area contributed by atoms with Gasteiger partial charge in [0.15, 0.2) is 6.29 Å². The first-order chi connectivity index (χ1) is 12.2. The Bertz CT molecular complexity index is 880. The van der Waals surface area contributed by atoms with Crippen molar-refractivity contribution in [2.75, 3.05) is 20.1 Å². The largest absolute Gasteiger partial charge is 0.473 e. The summed E-state index contributed by atoms with van der Waals surface area (Å²) in [6.07, 6.45) is 4.96. The van der Waals surface area contributed by atoms with Crippen molar-refractivity contribution >= 4 is 11.8 Å². The molecule has 6 heteroatoms. The third-order valence-electron chi connectivity index (χ3n) is 4.67. The molecule has 128 valence electrons. The average molecular weight is 336 g/mol. The van der Waals surface area contributed by atoms with Gasteiger partial charge in [0.25, 0.3) is 0 Å². The zero-order valence-electron chi connectivity index (χ0n) is 14.1. The first kappa shape index (κ1) is 15.8. The molecule has 0 saturated carbocycles. The molecule has 1 aliphatic rings. The maximum Gasteiger partial charge on any atom is 0.233 e. The molecule has 6 nitrogen and oxygen atoms in total. The van der Waals surface area contributed by atoms with Gasteiger partial charge in [-0.25, -0.2) is 0 Å². The van der Waals surface area contributed by atoms with Crippen molar-refractivity contribution in [1.82, 2.24) is 19.5 Å². The van der Waals surface area contributed by atoms with E-state index in [1.165, 1.54) is 0 Å². The molecule has 0 aliphatic carbocycles. The van der Waals surface area contributed by atoms with Crippen LogP contribution in [-0.4, -0.2) is 52.0 Å². The summed E-state index contributed by atoms with van der Waals surface area (Å²) in [5.41, 5.74) is 2.96. The number of fused-ring (bicyclic) bond motifs is 1. The molecule has 4 rings (SSSR count). The summed E-state index contributed by atoms with van der Waals surface area (Å²) in [6.45, 7) is 2.07. The first-order valence-corrected chi connectivity index (χ1v) is 8.49. The smallest absolute Gasteiger partial charge is 0.233 e. The van der Waals surface area contributed by atoms with E-state index in [0.29, 0.717) is 17.1 Å². The molecule has 4 heterocycles. The number of aldehydes is 1. The molecular weight excluding hydrogens is 316 g/mol. The Labute approximate surface area is 146 Å². The monoisotopic (exact) mass is 336 g/mol. The molecular formula is C19H20N4O2. The lowest BCUT2D eigenvalue weighted by Crippen LogP contribution is -2.35. The fourth-order valence-electron chi connectivity index (χ4n) is 3.29. The van der Waals surface area contributed by atoms with E-state index in [-0.39, 0.29) is 6.10 Å². The number of pyridine rings is 1. The minimum absolute atomic E-state index is 0.191. The lowest BCUT2D eigenvalue weighted by Gasteiger charge is -2.28. The number of ether oxygens (including phenoxy) is 1. The maximum absolute atomic E-state index is 11.4. The molecule has 0 spiro atoms. The van der Waals surface area contributed by atoms with E-state index in [9.17, 15) is 4.79 Å². The van der Waals surface area contributed by atoms with Crippen LogP contribution in [0.15, 0.2) is 42.6 Å². The van der Waals surface area contributed by atoms with Gasteiger partial charge in [0.2, 0.25) is 5.88 Å². The number of nitrogens with zero attached hydrogens (tertiary/aromatic N) is 4. The second-order valence-corrected chi connectivity index (χ2v) is 6.44. The van der Waals surface area contributed by atoms with Gasteiger partial charge >= 0.3 is 0 Å². The summed E-state index contributed by atoms with van der Waals surface area (Å²) in [6, 6.07) is 11.4. The lowest BCUT2D eigenvalue weighted by molar-refractivity contribution is 0.109. The predicted octanol–water partition coefficient (Wildman–Crippen LogP) is 2.68. The van der Waals surface area contributed by atoms with Crippen LogP contribution in [0.25, 0.3) is 16.9 Å². The van der Waals surface area contributed by atoms with Gasteiger partial charge in [-0.15, -0.1) is 10.2 Å². The maximum atomic E-state index is 11.4. The molecule has 3 aromatic rings. The first-order valence-electron chi connectivity index (χ1n) is 8.49. The molecule has 1 aliphatic heterocycles. The molecule has 0 N–H and O–H groups in total. The van der Waals surface area contributed by atoms with Crippen LogP contribution in [0, 0.1) is 0 Å². The van der Waals surface area contributed by atoms with Crippen LogP contribution >= 0.6 is 0 Å². The Morgan fingerprint density at radius 3 is 2.72 bits per heavy atom. The van der Waals surface area contributed by atoms with E-state index < -0.39 is 0 Å². The van der Waals surface area contributed by atoms with Gasteiger partial charge < -0.3 is 14.0 Å². The van der Waals surface area contributed by atoms with Crippen molar-refractivity contribution in [1.29, 1.82) is 0 Å². The summed E-state index contributed by atoms with van der Waals surface area (Å²) in [4.78, 5) is 13.7. The van der Waals surface area contributed by atoms with Gasteiger partial charge in [0, 0.05) is 36.4 Å². The van der Waals surface area contributed by atoms with Crippen LogP contribution in [-0.2, 0) is 0 Å². The van der Waals surface area contributed by atoms with Crippen molar-refractivity contribution in [3.05, 3.63) is 48.2 Å². The molecule has 0 atom stereocenters. The number of carbonyl (C=O) groups is 1. The fraction of sp³-hybridized carbons (Fsp3) is 0.316. The average Bonchev–Trinajstić information content (AvgIpc) is 3.03. The number of carbonyl (C=O) groups excluding carboxylic acids is 1. The Hall–Kier alpha value is -2.73. The highest BCUT2D eigenvalue weighted by Gasteiger charge is 2.19. The number of hydrogen-bond donors (Lipinski definition) is 0. The summed E-state index contributed by atoms with van der Waals surface area (Å²) in [5, 5.41) is 8.51. The van der Waals surface area contributed by atoms with E-state index >= 15 is 0 Å². The fourth-order valence-corrected chi connectivity index (χ4v) is 3.29. The zero-order valence-corrected chi connectivity index (χ0v) is 14.1. The summed E-state index contributed by atoms with van der Waals surface area (Å²) in [5.74, 6) is 0.534. The quantitative estimate of drug-likeness (QED) is 0.686. The molecule has 1 saturated heterocycles. The molecule has 0 bridgehead atoms. The molecule has 0 radical (unpaired) electrons. The van der Waals surface area contributed by atoms with Crippen LogP contribution in [0.4, 0.5) is 0 Å². The SMILES string of the molecule is CN1CCC(Oc2ccc(-c3c(C=O)cc4ccccn34)nn2)CC1. The van der Waals surface area contributed by atoms with Crippen LogP contribution in [0.1, 0.15) is 23.2 Å². The number of piperidine rings is 1. The Balaban J connectivity index is 1.59. The highest BCUT2D eigenvalue weighted by Crippen LogP contribution is 2.26. The van der Waals surface area contributed by atoms with Gasteiger partial charge in [-0.3, -0.25) is 4.79 Å². The third-order valence-corrected chi connectivity index (χ3v) is 4.67. The number of aromatic nitrogens is 3. The van der Waals surface area contributed by atoms with Gasteiger partial charge in [-0.2, -0.15) is 0 Å². The Kier molecular flexibility index (Phi) is 4.19. The van der Waals surface area contributed by atoms with Crippen molar-refractivity contribution < 1.29 is 9.53 Å². The van der Waals surface area contributed by atoms with Crippen molar-refractivity contribution in [3.63, 3.8) is 0 Å². The molecule has 0 amide bonds. The minimum Gasteiger partial charge on any atom is -0.473 e. The number of hydrogen-bond acceptors (Lipinski definition) is 5. The van der Waals surface area contributed by atoms with Gasteiger partial charge in [0.1, 0.15) is 11.8 Å². The zero-order chi connectivity index (χ0) is 17.2. The standard InChI is InChI=1S/C19H20N4O2/c1-22-10-7-16(8-11-22)25-18-6-5-17(20-21-18)19-14(13-24)12-15-4-2-3-9-23(15)19/h2-6,9,12-13,16H,7-8,10-11H2,1H3. The molecule has 0 aromatic carbocycles. The van der Waals surface area contributed by atoms with Crippen LogP contribution in [0.3, 0.4) is 0 Å². The second-order valence-electron chi connectivity index (χ2n) is 6.44. The normalized spacial score (nSPS) is 16.2. The van der Waals surface area contributed by atoms with Crippen LogP contribution < -0.4 is 4.74 Å². The van der Waals surface area contributed by atoms with E-state index in [0.717, 1.165) is 43.4 Å². The Morgan fingerprint density at radius 1 is 1.16 bits per heavy atom. The van der Waals surface area contributed by atoms with Crippen LogP contribution in [0.5, 0.6) is 5.88 Å². The third kappa shape index (κ3) is 3.13. The summed E-state index contributed by atoms with van der Waals surface area (Å²) < 4.78 is 7.89. The molecule has 0 unspecified atom stereocenters. The van der Waals surface area contributed by atoms with E-state index in [1.54, 1.807) is 0 Å². The van der Waals surface area contributed by atoms with Gasteiger partial charge in [-0.05, 0) is 44.2 Å². The molecule has 25 heavy (non-hydrogen) atoms. The van der Waals surface area contributed by atoms with Gasteiger partial charge in [-0.1, -0.05) is 6.07 Å². The highest BCUT2D eigenvalue weighted by atomic mass is 16.5. The molecule has 1 fully saturated rings. The van der Waals surface area contributed by atoms with Crippen molar-refractivity contribution in [2.45, 2.75) is 18.9 Å². The van der Waals surface area contributed by atoms with E-state index in [4.69, 9.17) is 4.74 Å².